The van der Waals surface area contributed by atoms with E-state index in [1.165, 1.54) is 5.56 Å². The zero-order chi connectivity index (χ0) is 17.6. The summed E-state index contributed by atoms with van der Waals surface area (Å²) in [6.45, 7) is 7.73. The van der Waals surface area contributed by atoms with E-state index in [0.717, 1.165) is 42.4 Å². The van der Waals surface area contributed by atoms with E-state index in [4.69, 9.17) is 0 Å². The highest BCUT2D eigenvalue weighted by Gasteiger charge is 2.47. The molecule has 1 aromatic heterocycles. The molecule has 2 bridgehead atoms. The van der Waals surface area contributed by atoms with E-state index in [-0.39, 0.29) is 5.91 Å². The Hall–Kier alpha value is -2.43. The van der Waals surface area contributed by atoms with Crippen molar-refractivity contribution in [3.63, 3.8) is 0 Å². The molecule has 2 aromatic rings. The Morgan fingerprint density at radius 2 is 1.88 bits per heavy atom. The standard InChI is InChI=1S/C20H24N4O/c1-13-5-4-6-16(7-13)9-20(25)24-17-10-18(24)12-23(11-17)19-8-14(2)21-15(3)22-19/h4-8,17-18H,9-12H2,1-3H3. The summed E-state index contributed by atoms with van der Waals surface area (Å²) in [6, 6.07) is 10.9. The second-order valence-corrected chi connectivity index (χ2v) is 7.33. The SMILES string of the molecule is Cc1cccc(CC(=O)N2C3CC2CN(c2cc(C)nc(C)n2)C3)c1. The number of anilines is 1. The molecule has 3 aliphatic rings. The smallest absolute Gasteiger partial charge is 0.227 e. The third kappa shape index (κ3) is 3.11. The molecule has 5 heteroatoms. The van der Waals surface area contributed by atoms with Crippen molar-refractivity contribution in [2.24, 2.45) is 0 Å². The maximum absolute atomic E-state index is 12.8. The van der Waals surface area contributed by atoms with Gasteiger partial charge in [0.1, 0.15) is 11.6 Å². The molecule has 3 fully saturated rings. The Morgan fingerprint density at radius 1 is 1.12 bits per heavy atom. The second-order valence-electron chi connectivity index (χ2n) is 7.33. The molecule has 0 saturated carbocycles. The van der Waals surface area contributed by atoms with Gasteiger partial charge in [0, 0.05) is 24.8 Å². The minimum absolute atomic E-state index is 0.251. The average molecular weight is 336 g/mol. The summed E-state index contributed by atoms with van der Waals surface area (Å²) >= 11 is 0. The number of benzene rings is 1. The number of amides is 1. The summed E-state index contributed by atoms with van der Waals surface area (Å²) < 4.78 is 0. The monoisotopic (exact) mass is 336 g/mol. The molecule has 25 heavy (non-hydrogen) atoms. The Kier molecular flexibility index (Phi) is 3.94. The molecule has 3 saturated heterocycles. The van der Waals surface area contributed by atoms with E-state index in [9.17, 15) is 4.79 Å². The molecule has 1 amide bonds. The highest BCUT2D eigenvalue weighted by atomic mass is 16.2. The largest absolute Gasteiger partial charge is 0.352 e. The van der Waals surface area contributed by atoms with Gasteiger partial charge in [-0.2, -0.15) is 0 Å². The fraction of sp³-hybridized carbons (Fsp3) is 0.450. The topological polar surface area (TPSA) is 49.3 Å². The van der Waals surface area contributed by atoms with Crippen LogP contribution in [0.2, 0.25) is 0 Å². The van der Waals surface area contributed by atoms with Gasteiger partial charge in [0.15, 0.2) is 0 Å². The highest BCUT2D eigenvalue weighted by Crippen LogP contribution is 2.34. The number of piperazine rings is 1. The lowest BCUT2D eigenvalue weighted by atomic mass is 9.86. The number of rotatable bonds is 3. The van der Waals surface area contributed by atoms with Gasteiger partial charge < -0.3 is 9.80 Å². The predicted molar refractivity (Wildman–Crippen MR) is 97.6 cm³/mol. The number of aryl methyl sites for hydroxylation is 3. The first-order valence-electron chi connectivity index (χ1n) is 8.93. The number of nitrogens with zero attached hydrogens (tertiary/aromatic N) is 4. The molecule has 2 unspecified atom stereocenters. The maximum atomic E-state index is 12.8. The molecule has 0 spiro atoms. The first-order valence-corrected chi connectivity index (χ1v) is 8.93. The first kappa shape index (κ1) is 16.1. The number of piperidine rings is 1. The summed E-state index contributed by atoms with van der Waals surface area (Å²) in [5.41, 5.74) is 3.30. The fourth-order valence-corrected chi connectivity index (χ4v) is 4.15. The Balaban J connectivity index is 1.44. The van der Waals surface area contributed by atoms with Crippen molar-refractivity contribution in [1.82, 2.24) is 14.9 Å². The minimum atomic E-state index is 0.251. The molecule has 0 aliphatic carbocycles. The number of fused-ring (bicyclic) bond motifs is 2. The van der Waals surface area contributed by atoms with Crippen LogP contribution in [0.5, 0.6) is 0 Å². The van der Waals surface area contributed by atoms with Gasteiger partial charge in [0.25, 0.3) is 0 Å². The van der Waals surface area contributed by atoms with Gasteiger partial charge in [-0.1, -0.05) is 29.8 Å². The zero-order valence-corrected chi connectivity index (χ0v) is 15.1. The lowest BCUT2D eigenvalue weighted by Crippen LogP contribution is -2.70. The second kappa shape index (κ2) is 6.14. The van der Waals surface area contributed by atoms with Crippen molar-refractivity contribution in [1.29, 1.82) is 0 Å². The Labute approximate surface area is 148 Å². The number of carbonyl (C=O) groups excluding carboxylic acids is 1. The predicted octanol–water partition coefficient (Wildman–Crippen LogP) is 2.43. The molecular weight excluding hydrogens is 312 g/mol. The van der Waals surface area contributed by atoms with Crippen LogP contribution in [0.1, 0.15) is 29.1 Å². The molecule has 130 valence electrons. The van der Waals surface area contributed by atoms with Crippen LogP contribution in [-0.4, -0.2) is 45.9 Å². The van der Waals surface area contributed by atoms with Crippen molar-refractivity contribution in [3.05, 3.63) is 53.0 Å². The minimum Gasteiger partial charge on any atom is -0.352 e. The Morgan fingerprint density at radius 3 is 2.56 bits per heavy atom. The fourth-order valence-electron chi connectivity index (χ4n) is 4.15. The summed E-state index contributed by atoms with van der Waals surface area (Å²) in [5, 5.41) is 0. The van der Waals surface area contributed by atoms with Gasteiger partial charge >= 0.3 is 0 Å². The lowest BCUT2D eigenvalue weighted by Gasteiger charge is -2.56. The van der Waals surface area contributed by atoms with Gasteiger partial charge in [-0.05, 0) is 32.8 Å². The van der Waals surface area contributed by atoms with E-state index in [0.29, 0.717) is 18.5 Å². The number of carbonyl (C=O) groups is 1. The van der Waals surface area contributed by atoms with Crippen LogP contribution in [0.15, 0.2) is 30.3 Å². The summed E-state index contributed by atoms with van der Waals surface area (Å²) in [7, 11) is 0. The third-order valence-corrected chi connectivity index (χ3v) is 5.20. The zero-order valence-electron chi connectivity index (χ0n) is 15.1. The Bertz CT molecular complexity index is 787. The van der Waals surface area contributed by atoms with Crippen molar-refractivity contribution < 1.29 is 4.79 Å². The van der Waals surface area contributed by atoms with Gasteiger partial charge in [-0.3, -0.25) is 4.79 Å². The van der Waals surface area contributed by atoms with E-state index in [2.05, 4.69) is 38.8 Å². The third-order valence-electron chi connectivity index (χ3n) is 5.20. The lowest BCUT2D eigenvalue weighted by molar-refractivity contribution is -0.145. The highest BCUT2D eigenvalue weighted by molar-refractivity contribution is 5.81. The summed E-state index contributed by atoms with van der Waals surface area (Å²) in [5.74, 6) is 2.05. The van der Waals surface area contributed by atoms with Crippen molar-refractivity contribution >= 4 is 11.7 Å². The van der Waals surface area contributed by atoms with E-state index in [1.807, 2.05) is 32.0 Å². The molecule has 4 heterocycles. The normalized spacial score (nSPS) is 21.9. The van der Waals surface area contributed by atoms with Gasteiger partial charge in [-0.15, -0.1) is 0 Å². The molecule has 2 atom stereocenters. The van der Waals surface area contributed by atoms with E-state index < -0.39 is 0 Å². The van der Waals surface area contributed by atoms with Crippen molar-refractivity contribution in [2.75, 3.05) is 18.0 Å². The number of aromatic nitrogens is 2. The molecule has 0 radical (unpaired) electrons. The van der Waals surface area contributed by atoms with E-state index >= 15 is 0 Å². The molecule has 0 N–H and O–H groups in total. The van der Waals surface area contributed by atoms with Crippen molar-refractivity contribution in [2.45, 2.75) is 45.7 Å². The molecule has 1 aromatic carbocycles. The summed E-state index contributed by atoms with van der Waals surface area (Å²) in [4.78, 5) is 26.1. The van der Waals surface area contributed by atoms with E-state index in [1.54, 1.807) is 0 Å². The number of hydrogen-bond acceptors (Lipinski definition) is 4. The average Bonchev–Trinajstić information content (AvgIpc) is 2.54. The van der Waals surface area contributed by atoms with Gasteiger partial charge in [0.05, 0.1) is 18.5 Å². The van der Waals surface area contributed by atoms with Crippen LogP contribution in [-0.2, 0) is 11.2 Å². The van der Waals surface area contributed by atoms with Crippen LogP contribution in [0.25, 0.3) is 0 Å². The quantitative estimate of drug-likeness (QED) is 0.864. The first-order chi connectivity index (χ1) is 12.0. The van der Waals surface area contributed by atoms with Gasteiger partial charge in [-0.25, -0.2) is 9.97 Å². The van der Waals surface area contributed by atoms with Crippen LogP contribution in [0.4, 0.5) is 5.82 Å². The van der Waals surface area contributed by atoms with Crippen LogP contribution < -0.4 is 4.90 Å². The summed E-state index contributed by atoms with van der Waals surface area (Å²) in [6.07, 6.45) is 1.61. The molecular formula is C20H24N4O. The van der Waals surface area contributed by atoms with Crippen LogP contribution in [0, 0.1) is 20.8 Å². The molecule has 5 nitrogen and oxygen atoms in total. The van der Waals surface area contributed by atoms with Gasteiger partial charge in [0.2, 0.25) is 5.91 Å². The maximum Gasteiger partial charge on any atom is 0.227 e. The van der Waals surface area contributed by atoms with Crippen LogP contribution >= 0.6 is 0 Å². The number of hydrogen-bond donors (Lipinski definition) is 0. The van der Waals surface area contributed by atoms with Crippen molar-refractivity contribution in [3.8, 4) is 0 Å². The molecule has 3 aliphatic heterocycles. The van der Waals surface area contributed by atoms with Crippen LogP contribution in [0.3, 0.4) is 0 Å². The molecule has 5 rings (SSSR count).